The molecule has 2 unspecified atom stereocenters. The predicted octanol–water partition coefficient (Wildman–Crippen LogP) is -0.412. The van der Waals surface area contributed by atoms with Crippen LogP contribution in [0.2, 0.25) is 0 Å². The molecule has 2 atom stereocenters. The molecule has 0 aromatic heterocycles. The van der Waals surface area contributed by atoms with Gasteiger partial charge in [-0.25, -0.2) is 0 Å². The summed E-state index contributed by atoms with van der Waals surface area (Å²) in [7, 11) is 0. The smallest absolute Gasteiger partial charge is 0.0233 e. The first-order valence-corrected chi connectivity index (χ1v) is 13.7. The van der Waals surface area contributed by atoms with Gasteiger partial charge in [0.05, 0.1) is 0 Å². The van der Waals surface area contributed by atoms with Crippen molar-refractivity contribution in [2.75, 3.05) is 91.6 Å². The molecule has 2 aliphatic heterocycles. The summed E-state index contributed by atoms with van der Waals surface area (Å²) in [5.74, 6) is 0. The van der Waals surface area contributed by atoms with Crippen LogP contribution in [0, 0.1) is 0 Å². The molecule has 0 aromatic rings. The largest absolute Gasteiger partial charge is 0.317 e. The third kappa shape index (κ3) is 15.5. The second kappa shape index (κ2) is 21.2. The van der Waals surface area contributed by atoms with Crippen LogP contribution < -0.4 is 42.5 Å². The van der Waals surface area contributed by atoms with Crippen molar-refractivity contribution in [3.63, 3.8) is 0 Å². The van der Waals surface area contributed by atoms with Gasteiger partial charge in [0.25, 0.3) is 0 Å². The van der Waals surface area contributed by atoms with Crippen molar-refractivity contribution < 1.29 is 0 Å². The summed E-state index contributed by atoms with van der Waals surface area (Å²) in [6, 6.07) is 1.03. The van der Waals surface area contributed by atoms with Crippen molar-refractivity contribution in [3.05, 3.63) is 0 Å². The summed E-state index contributed by atoms with van der Waals surface area (Å²) in [6.07, 6.45) is 9.60. The van der Waals surface area contributed by atoms with E-state index in [4.69, 9.17) is 0 Å². The lowest BCUT2D eigenvalue weighted by Crippen LogP contribution is -2.51. The molecule has 2 heterocycles. The zero-order valence-electron chi connectivity index (χ0n) is 20.7. The van der Waals surface area contributed by atoms with Crippen LogP contribution in [0.1, 0.15) is 51.4 Å². The Morgan fingerprint density at radius 1 is 0.281 bits per heavy atom. The molecule has 8 heteroatoms. The quantitative estimate of drug-likeness (QED) is 0.271. The molecule has 2 saturated heterocycles. The lowest BCUT2D eigenvalue weighted by atomic mass is 10.0. The van der Waals surface area contributed by atoms with Gasteiger partial charge >= 0.3 is 0 Å². The van der Waals surface area contributed by atoms with Crippen LogP contribution in [-0.2, 0) is 0 Å². The van der Waals surface area contributed by atoms with Gasteiger partial charge in [-0.1, -0.05) is 0 Å². The maximum Gasteiger partial charge on any atom is 0.0233 e. The van der Waals surface area contributed by atoms with E-state index < -0.39 is 0 Å². The lowest BCUT2D eigenvalue weighted by Gasteiger charge is -2.30. The Morgan fingerprint density at radius 3 is 0.844 bits per heavy atom. The Hall–Kier alpha value is -0.320. The van der Waals surface area contributed by atoms with E-state index >= 15 is 0 Å². The lowest BCUT2D eigenvalue weighted by molar-refractivity contribution is 0.324. The first-order valence-electron chi connectivity index (χ1n) is 13.7. The van der Waals surface area contributed by atoms with Crippen LogP contribution in [0.4, 0.5) is 0 Å². The van der Waals surface area contributed by atoms with Crippen LogP contribution >= 0.6 is 0 Å². The molecule has 0 saturated carbocycles. The predicted molar refractivity (Wildman–Crippen MR) is 138 cm³/mol. The Balaban J connectivity index is 1.83. The molecule has 2 rings (SSSR count). The van der Waals surface area contributed by atoms with Gasteiger partial charge in [-0.2, -0.15) is 0 Å². The maximum absolute atomic E-state index is 3.92. The fourth-order valence-electron chi connectivity index (χ4n) is 4.51. The monoisotopic (exact) mass is 454 g/mol. The van der Waals surface area contributed by atoms with Crippen LogP contribution in [0.3, 0.4) is 0 Å². The van der Waals surface area contributed by atoms with Gasteiger partial charge in [-0.05, 0) is 143 Å². The van der Waals surface area contributed by atoms with Crippen molar-refractivity contribution in [2.45, 2.75) is 63.5 Å². The second-order valence-corrected chi connectivity index (χ2v) is 9.32. The van der Waals surface area contributed by atoms with E-state index in [2.05, 4.69) is 42.5 Å². The van der Waals surface area contributed by atoms with E-state index in [9.17, 15) is 0 Å². The summed E-state index contributed by atoms with van der Waals surface area (Å²) < 4.78 is 0. The van der Waals surface area contributed by atoms with E-state index in [1.807, 2.05) is 0 Å². The molecule has 2 fully saturated rings. The minimum Gasteiger partial charge on any atom is -0.317 e. The van der Waals surface area contributed by atoms with E-state index in [0.717, 1.165) is 91.6 Å². The van der Waals surface area contributed by atoms with Crippen LogP contribution in [0.25, 0.3) is 0 Å². The number of hydrogen-bond donors (Lipinski definition) is 8. The van der Waals surface area contributed by atoms with Gasteiger partial charge in [0.1, 0.15) is 0 Å². The topological polar surface area (TPSA) is 96.2 Å². The second-order valence-electron chi connectivity index (χ2n) is 9.32. The average molecular weight is 455 g/mol. The number of rotatable bonds is 1. The van der Waals surface area contributed by atoms with Crippen LogP contribution in [0.15, 0.2) is 0 Å². The zero-order chi connectivity index (χ0) is 22.4. The molecule has 0 bridgehead atoms. The molecule has 0 aromatic carbocycles. The molecule has 8 N–H and O–H groups in total. The number of nitrogens with one attached hydrogen (secondary N) is 8. The highest BCUT2D eigenvalue weighted by Crippen LogP contribution is 2.05. The SMILES string of the molecule is C1CNCCCNCCC(C2CCNCCCNCCCNCCCN2)NCCCNC1. The normalized spacial score (nSPS) is 29.2. The van der Waals surface area contributed by atoms with E-state index in [0.29, 0.717) is 12.1 Å². The molecule has 0 amide bonds. The van der Waals surface area contributed by atoms with Crippen molar-refractivity contribution in [3.8, 4) is 0 Å². The summed E-state index contributed by atoms with van der Waals surface area (Å²) >= 11 is 0. The van der Waals surface area contributed by atoms with E-state index in [1.165, 1.54) is 51.4 Å². The molecule has 0 radical (unpaired) electrons. The summed E-state index contributed by atoms with van der Waals surface area (Å²) in [5, 5.41) is 29.5. The standard InChI is InChI=1S/C24H54N8/c1-9-25-13-3-15-29-21-7-23(31-19-5-17-27-11-1)24-8-22-30-16-4-14-26-10-2-12-28-18-6-20-32-24/h23-32H,1-22H2. The molecule has 190 valence electrons. The van der Waals surface area contributed by atoms with E-state index in [-0.39, 0.29) is 0 Å². The Morgan fingerprint density at radius 2 is 0.531 bits per heavy atom. The van der Waals surface area contributed by atoms with Gasteiger partial charge in [0.15, 0.2) is 0 Å². The van der Waals surface area contributed by atoms with Gasteiger partial charge in [-0.3, -0.25) is 0 Å². The summed E-state index contributed by atoms with van der Waals surface area (Å²) in [5.41, 5.74) is 0. The molecule has 32 heavy (non-hydrogen) atoms. The summed E-state index contributed by atoms with van der Waals surface area (Å²) in [6.45, 7) is 15.5. The van der Waals surface area contributed by atoms with E-state index in [1.54, 1.807) is 0 Å². The highest BCUT2D eigenvalue weighted by atomic mass is 15.0. The van der Waals surface area contributed by atoms with Crippen LogP contribution in [-0.4, -0.2) is 104 Å². The average Bonchev–Trinajstić information content (AvgIpc) is 2.79. The molecule has 0 spiro atoms. The van der Waals surface area contributed by atoms with Crippen molar-refractivity contribution >= 4 is 0 Å². The van der Waals surface area contributed by atoms with Crippen molar-refractivity contribution in [1.82, 2.24) is 42.5 Å². The minimum atomic E-state index is 0.517. The number of hydrogen-bond acceptors (Lipinski definition) is 8. The van der Waals surface area contributed by atoms with Crippen molar-refractivity contribution in [1.29, 1.82) is 0 Å². The van der Waals surface area contributed by atoms with Gasteiger partial charge in [0.2, 0.25) is 0 Å². The van der Waals surface area contributed by atoms with Gasteiger partial charge in [-0.15, -0.1) is 0 Å². The first-order chi connectivity index (χ1) is 16.0. The molecule has 0 aliphatic carbocycles. The van der Waals surface area contributed by atoms with Crippen molar-refractivity contribution in [2.24, 2.45) is 0 Å². The summed E-state index contributed by atoms with van der Waals surface area (Å²) in [4.78, 5) is 0. The highest BCUT2D eigenvalue weighted by molar-refractivity contribution is 4.84. The fraction of sp³-hybridized carbons (Fsp3) is 1.00. The fourth-order valence-corrected chi connectivity index (χ4v) is 4.51. The third-order valence-corrected chi connectivity index (χ3v) is 6.45. The zero-order valence-corrected chi connectivity index (χ0v) is 20.7. The molecular weight excluding hydrogens is 400 g/mol. The van der Waals surface area contributed by atoms with Gasteiger partial charge < -0.3 is 42.5 Å². The maximum atomic E-state index is 3.92. The first kappa shape index (κ1) is 27.9. The Labute approximate surface area is 198 Å². The third-order valence-electron chi connectivity index (χ3n) is 6.45. The Bertz CT molecular complexity index is 330. The Kier molecular flexibility index (Phi) is 18.5. The highest BCUT2D eigenvalue weighted by Gasteiger charge is 2.20. The molecular formula is C24H54N8. The minimum absolute atomic E-state index is 0.517. The molecule has 2 aliphatic rings. The van der Waals surface area contributed by atoms with Crippen LogP contribution in [0.5, 0.6) is 0 Å². The molecule has 8 nitrogen and oxygen atoms in total. The van der Waals surface area contributed by atoms with Gasteiger partial charge in [0, 0.05) is 12.1 Å².